The van der Waals surface area contributed by atoms with Crippen molar-refractivity contribution < 1.29 is 14.4 Å². The van der Waals surface area contributed by atoms with Gasteiger partial charge in [0.05, 0.1) is 0 Å². The van der Waals surface area contributed by atoms with Crippen LogP contribution in [0.2, 0.25) is 0 Å². The van der Waals surface area contributed by atoms with E-state index in [1.54, 1.807) is 0 Å². The van der Waals surface area contributed by atoms with Gasteiger partial charge in [-0.15, -0.1) is 0 Å². The zero-order valence-electron chi connectivity index (χ0n) is 12.4. The molecule has 1 aliphatic carbocycles. The molecule has 6 heteroatoms. The molecule has 0 radical (unpaired) electrons. The van der Waals surface area contributed by atoms with Gasteiger partial charge in [-0.3, -0.25) is 14.9 Å². The molecule has 21 heavy (non-hydrogen) atoms. The SMILES string of the molecule is O=C(CN1C(=O)NC(=O)C12CCCCC2)N1CCCCC1. The van der Waals surface area contributed by atoms with E-state index in [0.29, 0.717) is 12.8 Å². The summed E-state index contributed by atoms with van der Waals surface area (Å²) in [6.07, 6.45) is 7.55. The van der Waals surface area contributed by atoms with Crippen molar-refractivity contribution in [1.82, 2.24) is 15.1 Å². The van der Waals surface area contributed by atoms with E-state index in [1.807, 2.05) is 4.90 Å². The summed E-state index contributed by atoms with van der Waals surface area (Å²) in [6.45, 7) is 1.59. The molecule has 3 aliphatic rings. The first-order valence-corrected chi connectivity index (χ1v) is 8.04. The Balaban J connectivity index is 1.73. The highest BCUT2D eigenvalue weighted by Gasteiger charge is 2.53. The molecule has 0 aromatic heterocycles. The van der Waals surface area contributed by atoms with Crippen molar-refractivity contribution in [2.24, 2.45) is 0 Å². The van der Waals surface area contributed by atoms with E-state index in [1.165, 1.54) is 4.90 Å². The quantitative estimate of drug-likeness (QED) is 0.779. The second-order valence-electron chi connectivity index (χ2n) is 6.38. The number of likely N-dealkylation sites (tertiary alicyclic amines) is 1. The van der Waals surface area contributed by atoms with Gasteiger partial charge in [-0.2, -0.15) is 0 Å². The van der Waals surface area contributed by atoms with E-state index in [-0.39, 0.29) is 18.4 Å². The van der Waals surface area contributed by atoms with Crippen molar-refractivity contribution in [3.05, 3.63) is 0 Å². The van der Waals surface area contributed by atoms with Crippen molar-refractivity contribution in [2.75, 3.05) is 19.6 Å². The van der Waals surface area contributed by atoms with Gasteiger partial charge in [-0.1, -0.05) is 19.3 Å². The minimum absolute atomic E-state index is 0.0236. The Bertz CT molecular complexity index is 451. The number of hydrogen-bond acceptors (Lipinski definition) is 3. The first-order chi connectivity index (χ1) is 10.1. The molecular formula is C15H23N3O3. The second-order valence-corrected chi connectivity index (χ2v) is 6.38. The fourth-order valence-corrected chi connectivity index (χ4v) is 3.83. The Morgan fingerprint density at radius 1 is 1.00 bits per heavy atom. The number of amides is 4. The van der Waals surface area contributed by atoms with E-state index in [4.69, 9.17) is 0 Å². The molecule has 4 amide bonds. The molecule has 1 saturated carbocycles. The van der Waals surface area contributed by atoms with Crippen LogP contribution >= 0.6 is 0 Å². The van der Waals surface area contributed by atoms with Crippen LogP contribution in [-0.2, 0) is 9.59 Å². The molecular weight excluding hydrogens is 270 g/mol. The minimum atomic E-state index is -0.763. The smallest absolute Gasteiger partial charge is 0.325 e. The lowest BCUT2D eigenvalue weighted by atomic mass is 9.80. The minimum Gasteiger partial charge on any atom is -0.341 e. The maximum atomic E-state index is 12.4. The van der Waals surface area contributed by atoms with Gasteiger partial charge in [0.15, 0.2) is 0 Å². The van der Waals surface area contributed by atoms with Crippen LogP contribution in [0, 0.1) is 0 Å². The van der Waals surface area contributed by atoms with E-state index in [9.17, 15) is 14.4 Å². The van der Waals surface area contributed by atoms with Crippen molar-refractivity contribution in [2.45, 2.75) is 56.9 Å². The monoisotopic (exact) mass is 293 g/mol. The topological polar surface area (TPSA) is 69.7 Å². The molecule has 0 atom stereocenters. The fraction of sp³-hybridized carbons (Fsp3) is 0.800. The molecule has 0 aromatic carbocycles. The summed E-state index contributed by atoms with van der Waals surface area (Å²) in [6, 6.07) is -0.396. The Morgan fingerprint density at radius 2 is 1.62 bits per heavy atom. The Morgan fingerprint density at radius 3 is 2.29 bits per heavy atom. The summed E-state index contributed by atoms with van der Waals surface area (Å²) in [5.41, 5.74) is -0.763. The molecule has 0 aromatic rings. The van der Waals surface area contributed by atoms with Gasteiger partial charge >= 0.3 is 6.03 Å². The molecule has 1 spiro atoms. The van der Waals surface area contributed by atoms with E-state index >= 15 is 0 Å². The van der Waals surface area contributed by atoms with Crippen molar-refractivity contribution >= 4 is 17.8 Å². The molecule has 1 N–H and O–H groups in total. The first kappa shape index (κ1) is 14.4. The third kappa shape index (κ3) is 2.51. The highest BCUT2D eigenvalue weighted by atomic mass is 16.2. The van der Waals surface area contributed by atoms with Gasteiger partial charge in [-0.25, -0.2) is 4.79 Å². The number of hydrogen-bond donors (Lipinski definition) is 1. The van der Waals surface area contributed by atoms with Gasteiger partial charge in [-0.05, 0) is 32.1 Å². The maximum absolute atomic E-state index is 12.4. The van der Waals surface area contributed by atoms with Crippen molar-refractivity contribution in [3.63, 3.8) is 0 Å². The largest absolute Gasteiger partial charge is 0.341 e. The summed E-state index contributed by atoms with van der Waals surface area (Å²) in [7, 11) is 0. The molecule has 2 saturated heterocycles. The van der Waals surface area contributed by atoms with Gasteiger partial charge in [0.25, 0.3) is 5.91 Å². The third-order valence-corrected chi connectivity index (χ3v) is 5.09. The second kappa shape index (κ2) is 5.66. The van der Waals surface area contributed by atoms with Crippen LogP contribution in [0.25, 0.3) is 0 Å². The number of imide groups is 1. The van der Waals surface area contributed by atoms with E-state index in [2.05, 4.69) is 5.32 Å². The normalized spacial score (nSPS) is 25.3. The Hall–Kier alpha value is -1.59. The summed E-state index contributed by atoms with van der Waals surface area (Å²) >= 11 is 0. The molecule has 0 bridgehead atoms. The highest BCUT2D eigenvalue weighted by Crippen LogP contribution is 2.37. The van der Waals surface area contributed by atoms with Crippen LogP contribution in [0.4, 0.5) is 4.79 Å². The zero-order valence-corrected chi connectivity index (χ0v) is 12.4. The van der Waals surface area contributed by atoms with Crippen LogP contribution in [0.1, 0.15) is 51.4 Å². The van der Waals surface area contributed by atoms with Crippen molar-refractivity contribution in [3.8, 4) is 0 Å². The number of nitrogens with one attached hydrogen (secondary N) is 1. The summed E-state index contributed by atoms with van der Waals surface area (Å²) in [5.74, 6) is -0.233. The average Bonchev–Trinajstić information content (AvgIpc) is 2.73. The van der Waals surface area contributed by atoms with Crippen LogP contribution < -0.4 is 5.32 Å². The lowest BCUT2D eigenvalue weighted by molar-refractivity contribution is -0.135. The standard InChI is InChI=1S/C15H23N3O3/c19-12(17-9-5-2-6-10-17)11-18-14(21)16-13(20)15(18)7-3-1-4-8-15/h1-11H2,(H,16,20,21). The summed E-state index contributed by atoms with van der Waals surface area (Å²) < 4.78 is 0. The van der Waals surface area contributed by atoms with Crippen LogP contribution in [0.5, 0.6) is 0 Å². The van der Waals surface area contributed by atoms with E-state index in [0.717, 1.165) is 51.6 Å². The van der Waals surface area contributed by atoms with Crippen molar-refractivity contribution in [1.29, 1.82) is 0 Å². The maximum Gasteiger partial charge on any atom is 0.325 e. The number of carbonyl (C=O) groups excluding carboxylic acids is 3. The van der Waals surface area contributed by atoms with Gasteiger partial charge < -0.3 is 9.80 Å². The lowest BCUT2D eigenvalue weighted by Crippen LogP contribution is -2.54. The molecule has 2 aliphatic heterocycles. The molecule has 116 valence electrons. The first-order valence-electron chi connectivity index (χ1n) is 8.04. The fourth-order valence-electron chi connectivity index (χ4n) is 3.83. The predicted molar refractivity (Wildman–Crippen MR) is 76.5 cm³/mol. The molecule has 6 nitrogen and oxygen atoms in total. The van der Waals surface area contributed by atoms with Crippen LogP contribution in [-0.4, -0.2) is 52.8 Å². The highest BCUT2D eigenvalue weighted by molar-refractivity contribution is 6.08. The molecule has 3 fully saturated rings. The predicted octanol–water partition coefficient (Wildman–Crippen LogP) is 1.25. The number of urea groups is 1. The summed E-state index contributed by atoms with van der Waals surface area (Å²) in [5, 5.41) is 2.41. The summed E-state index contributed by atoms with van der Waals surface area (Å²) in [4.78, 5) is 40.1. The Labute approximate surface area is 124 Å². The Kier molecular flexibility index (Phi) is 3.87. The number of nitrogens with zero attached hydrogens (tertiary/aromatic N) is 2. The molecule has 2 heterocycles. The van der Waals surface area contributed by atoms with Gasteiger partial charge in [0, 0.05) is 13.1 Å². The number of piperidine rings is 1. The van der Waals surface area contributed by atoms with Gasteiger partial charge in [0.1, 0.15) is 12.1 Å². The number of rotatable bonds is 2. The van der Waals surface area contributed by atoms with Gasteiger partial charge in [0.2, 0.25) is 5.91 Å². The lowest BCUT2D eigenvalue weighted by Gasteiger charge is -2.39. The molecule has 3 rings (SSSR count). The van der Waals surface area contributed by atoms with Crippen LogP contribution in [0.3, 0.4) is 0 Å². The van der Waals surface area contributed by atoms with Crippen LogP contribution in [0.15, 0.2) is 0 Å². The van der Waals surface area contributed by atoms with E-state index < -0.39 is 11.6 Å². The molecule has 0 unspecified atom stereocenters. The third-order valence-electron chi connectivity index (χ3n) is 5.09. The number of carbonyl (C=O) groups is 3. The zero-order chi connectivity index (χ0) is 14.9. The average molecular weight is 293 g/mol.